The first-order chi connectivity index (χ1) is 17.2. The van der Waals surface area contributed by atoms with Crippen molar-refractivity contribution in [3.05, 3.63) is 95.1 Å². The third-order valence-corrected chi connectivity index (χ3v) is 6.71. The zero-order chi connectivity index (χ0) is 25.4. The largest absolute Gasteiger partial charge is 0.484 e. The van der Waals surface area contributed by atoms with Gasteiger partial charge in [-0.25, -0.2) is 9.97 Å². The van der Waals surface area contributed by atoms with Crippen LogP contribution in [0.5, 0.6) is 5.75 Å². The van der Waals surface area contributed by atoms with Crippen LogP contribution in [0.4, 0.5) is 17.6 Å². The van der Waals surface area contributed by atoms with Gasteiger partial charge in [-0.05, 0) is 42.8 Å². The lowest BCUT2D eigenvalue weighted by Gasteiger charge is -2.19. The number of rotatable bonds is 6. The van der Waals surface area contributed by atoms with Gasteiger partial charge in [0.15, 0.2) is 6.29 Å². The maximum atomic E-state index is 13.4. The number of alkyl halides is 3. The second-order valence-electron chi connectivity index (χ2n) is 7.96. The van der Waals surface area contributed by atoms with E-state index in [9.17, 15) is 22.4 Å². The molecule has 182 valence electrons. The molecule has 10 heteroatoms. The number of fused-ring (bicyclic) bond motifs is 1. The highest BCUT2D eigenvalue weighted by Gasteiger charge is 2.34. The summed E-state index contributed by atoms with van der Waals surface area (Å²) in [6.45, 7) is 1.51. The highest BCUT2D eigenvalue weighted by Crippen LogP contribution is 2.39. The molecule has 0 aliphatic carbocycles. The summed E-state index contributed by atoms with van der Waals surface area (Å²) >= 11 is 1.14. The molecule has 5 aromatic rings. The summed E-state index contributed by atoms with van der Waals surface area (Å²) in [5, 5.41) is 0.613. The van der Waals surface area contributed by atoms with Gasteiger partial charge in [0.1, 0.15) is 28.1 Å². The van der Waals surface area contributed by atoms with Gasteiger partial charge in [-0.3, -0.25) is 9.36 Å². The lowest BCUT2D eigenvalue weighted by molar-refractivity contribution is -0.138. The number of aromatic nitrogens is 3. The standard InChI is InChI=1S/C26H17F4N3O2S/c1-15(18-4-2-3-5-19(18)26(28,29)30)35-22-11-25(36-23(22)13-34)33-14-32-20-10-16(6-8-21(20)33)17-7-9-24(27)31-12-17/h2-15H,1H3/t15-/m1/s1. The zero-order valence-electron chi connectivity index (χ0n) is 18.7. The lowest BCUT2D eigenvalue weighted by Crippen LogP contribution is -2.13. The molecule has 0 bridgehead atoms. The van der Waals surface area contributed by atoms with Crippen LogP contribution < -0.4 is 4.74 Å². The first-order valence-corrected chi connectivity index (χ1v) is 11.6. The third-order valence-electron chi connectivity index (χ3n) is 5.67. The van der Waals surface area contributed by atoms with Gasteiger partial charge in [0.05, 0.1) is 16.6 Å². The van der Waals surface area contributed by atoms with Crippen molar-refractivity contribution in [1.29, 1.82) is 0 Å². The van der Waals surface area contributed by atoms with E-state index in [1.165, 1.54) is 37.4 Å². The number of nitrogens with zero attached hydrogens (tertiary/aromatic N) is 3. The molecule has 0 aliphatic rings. The summed E-state index contributed by atoms with van der Waals surface area (Å²) in [5.41, 5.74) is 2.14. The smallest absolute Gasteiger partial charge is 0.416 e. The molecule has 0 unspecified atom stereocenters. The second-order valence-corrected chi connectivity index (χ2v) is 9.03. The summed E-state index contributed by atoms with van der Waals surface area (Å²) in [6, 6.07) is 15.2. The lowest BCUT2D eigenvalue weighted by atomic mass is 10.0. The van der Waals surface area contributed by atoms with E-state index < -0.39 is 23.8 Å². The van der Waals surface area contributed by atoms with Gasteiger partial charge in [-0.1, -0.05) is 24.3 Å². The van der Waals surface area contributed by atoms with Crippen LogP contribution >= 0.6 is 11.3 Å². The van der Waals surface area contributed by atoms with Crippen LogP contribution in [0.15, 0.2) is 73.2 Å². The monoisotopic (exact) mass is 511 g/mol. The van der Waals surface area contributed by atoms with E-state index in [0.29, 0.717) is 16.8 Å². The van der Waals surface area contributed by atoms with E-state index in [0.717, 1.165) is 34.0 Å². The highest BCUT2D eigenvalue weighted by molar-refractivity contribution is 7.16. The average molecular weight is 512 g/mol. The van der Waals surface area contributed by atoms with E-state index in [4.69, 9.17) is 4.74 Å². The summed E-state index contributed by atoms with van der Waals surface area (Å²) in [4.78, 5) is 20.1. The molecule has 0 fully saturated rings. The Morgan fingerprint density at radius 1 is 1.03 bits per heavy atom. The molecule has 0 aliphatic heterocycles. The molecular weight excluding hydrogens is 494 g/mol. The topological polar surface area (TPSA) is 57.0 Å². The van der Waals surface area contributed by atoms with Crippen LogP contribution in [-0.2, 0) is 6.18 Å². The predicted octanol–water partition coefficient (Wildman–Crippen LogP) is 7.26. The van der Waals surface area contributed by atoms with E-state index in [2.05, 4.69) is 9.97 Å². The van der Waals surface area contributed by atoms with Gasteiger partial charge in [0.25, 0.3) is 0 Å². The van der Waals surface area contributed by atoms with E-state index in [-0.39, 0.29) is 16.2 Å². The normalized spacial score (nSPS) is 12.6. The Bertz CT molecular complexity index is 1560. The number of thiophene rings is 1. The maximum Gasteiger partial charge on any atom is 0.416 e. The van der Waals surface area contributed by atoms with E-state index in [1.807, 2.05) is 18.2 Å². The Kier molecular flexibility index (Phi) is 6.05. The predicted molar refractivity (Wildman–Crippen MR) is 128 cm³/mol. The number of imidazole rings is 1. The average Bonchev–Trinajstić information content (AvgIpc) is 3.47. The van der Waals surface area contributed by atoms with Crippen LogP contribution in [-0.4, -0.2) is 20.8 Å². The fraction of sp³-hybridized carbons (Fsp3) is 0.115. The minimum atomic E-state index is -4.53. The fourth-order valence-electron chi connectivity index (χ4n) is 3.95. The number of carbonyl (C=O) groups is 1. The minimum absolute atomic E-state index is 0.0227. The molecule has 36 heavy (non-hydrogen) atoms. The van der Waals surface area contributed by atoms with Gasteiger partial charge < -0.3 is 4.74 Å². The number of hydrogen-bond acceptors (Lipinski definition) is 5. The number of benzene rings is 2. The molecule has 5 nitrogen and oxygen atoms in total. The number of aldehydes is 1. The van der Waals surface area contributed by atoms with E-state index >= 15 is 0 Å². The van der Waals surface area contributed by atoms with Crippen molar-refractivity contribution in [1.82, 2.24) is 14.5 Å². The van der Waals surface area contributed by atoms with Crippen LogP contribution in [0, 0.1) is 5.95 Å². The van der Waals surface area contributed by atoms with Crippen molar-refractivity contribution in [2.45, 2.75) is 19.2 Å². The van der Waals surface area contributed by atoms with Crippen molar-refractivity contribution in [3.63, 3.8) is 0 Å². The highest BCUT2D eigenvalue weighted by atomic mass is 32.1. The molecular formula is C26H17F4N3O2S. The van der Waals surface area contributed by atoms with Crippen molar-refractivity contribution < 1.29 is 27.1 Å². The SMILES string of the molecule is C[C@@H](Oc1cc(-n2cnc3cc(-c4ccc(F)nc4)ccc32)sc1C=O)c1ccccc1C(F)(F)F. The number of ether oxygens (including phenoxy) is 1. The Morgan fingerprint density at radius 3 is 2.53 bits per heavy atom. The van der Waals surface area contributed by atoms with Crippen LogP contribution in [0.3, 0.4) is 0 Å². The Labute approximate surface area is 206 Å². The first kappa shape index (κ1) is 23.7. The molecule has 0 saturated carbocycles. The molecule has 3 aromatic heterocycles. The molecule has 0 saturated heterocycles. The van der Waals surface area contributed by atoms with Crippen molar-refractivity contribution >= 4 is 28.7 Å². The van der Waals surface area contributed by atoms with Crippen LogP contribution in [0.1, 0.15) is 33.8 Å². The molecule has 0 radical (unpaired) electrons. The molecule has 1 atom stereocenters. The molecule has 5 rings (SSSR count). The Morgan fingerprint density at radius 2 is 1.81 bits per heavy atom. The number of carbonyl (C=O) groups excluding carboxylic acids is 1. The van der Waals surface area contributed by atoms with Gasteiger partial charge in [0, 0.05) is 23.4 Å². The number of hydrogen-bond donors (Lipinski definition) is 0. The molecule has 2 aromatic carbocycles. The molecule has 3 heterocycles. The summed E-state index contributed by atoms with van der Waals surface area (Å²) in [5.74, 6) is -0.382. The van der Waals surface area contributed by atoms with Crippen molar-refractivity contribution in [2.75, 3.05) is 0 Å². The summed E-state index contributed by atoms with van der Waals surface area (Å²) in [7, 11) is 0. The molecule has 0 spiro atoms. The quantitative estimate of drug-likeness (QED) is 0.137. The van der Waals surface area contributed by atoms with Crippen LogP contribution in [0.2, 0.25) is 0 Å². The van der Waals surface area contributed by atoms with Crippen molar-refractivity contribution in [2.24, 2.45) is 0 Å². The summed E-state index contributed by atoms with van der Waals surface area (Å²) in [6.07, 6.45) is -1.84. The Hall–Kier alpha value is -4.05. The van der Waals surface area contributed by atoms with Gasteiger partial charge in [0.2, 0.25) is 5.95 Å². The Balaban J connectivity index is 1.47. The van der Waals surface area contributed by atoms with E-state index in [1.54, 1.807) is 23.0 Å². The fourth-order valence-corrected chi connectivity index (χ4v) is 4.84. The van der Waals surface area contributed by atoms with Crippen LogP contribution in [0.25, 0.3) is 27.2 Å². The first-order valence-electron chi connectivity index (χ1n) is 10.8. The minimum Gasteiger partial charge on any atom is -0.484 e. The number of pyridine rings is 1. The number of halogens is 4. The summed E-state index contributed by atoms with van der Waals surface area (Å²) < 4.78 is 61.1. The molecule has 0 amide bonds. The third kappa shape index (κ3) is 4.47. The molecule has 0 N–H and O–H groups in total. The van der Waals surface area contributed by atoms with Crippen molar-refractivity contribution in [3.8, 4) is 21.9 Å². The second kappa shape index (κ2) is 9.19. The van der Waals surface area contributed by atoms with Gasteiger partial charge >= 0.3 is 6.18 Å². The van der Waals surface area contributed by atoms with Gasteiger partial charge in [-0.2, -0.15) is 17.6 Å². The van der Waals surface area contributed by atoms with Gasteiger partial charge in [-0.15, -0.1) is 11.3 Å². The maximum absolute atomic E-state index is 13.4. The zero-order valence-corrected chi connectivity index (χ0v) is 19.5.